The zero-order valence-electron chi connectivity index (χ0n) is 14.8. The molecule has 6 heteroatoms. The van der Waals surface area contributed by atoms with Gasteiger partial charge in [-0.1, -0.05) is 43.2 Å². The van der Waals surface area contributed by atoms with Crippen molar-refractivity contribution in [1.82, 2.24) is 10.2 Å². The van der Waals surface area contributed by atoms with E-state index >= 15 is 0 Å². The number of nitrogens with two attached hydrogens (primary N) is 1. The third-order valence-corrected chi connectivity index (χ3v) is 5.43. The van der Waals surface area contributed by atoms with Crippen molar-refractivity contribution in [3.8, 4) is 0 Å². The van der Waals surface area contributed by atoms with E-state index in [1.165, 1.54) is 5.56 Å². The van der Waals surface area contributed by atoms with Crippen molar-refractivity contribution in [1.29, 1.82) is 0 Å². The lowest BCUT2D eigenvalue weighted by Crippen LogP contribution is -2.56. The number of benzene rings is 1. The van der Waals surface area contributed by atoms with Crippen molar-refractivity contribution in [3.05, 3.63) is 35.9 Å². The van der Waals surface area contributed by atoms with E-state index in [1.807, 2.05) is 0 Å². The molecule has 0 radical (unpaired) electrons. The summed E-state index contributed by atoms with van der Waals surface area (Å²) in [5.41, 5.74) is 7.04. The van der Waals surface area contributed by atoms with E-state index in [0.717, 1.165) is 64.6 Å². The summed E-state index contributed by atoms with van der Waals surface area (Å²) in [7, 11) is 0. The smallest absolute Gasteiger partial charge is 0.240 e. The van der Waals surface area contributed by atoms with Gasteiger partial charge in [-0.25, -0.2) is 0 Å². The van der Waals surface area contributed by atoms with Crippen LogP contribution in [0.15, 0.2) is 30.3 Å². The van der Waals surface area contributed by atoms with Crippen LogP contribution in [0, 0.1) is 0 Å². The maximum absolute atomic E-state index is 12.4. The minimum Gasteiger partial charge on any atom is -0.352 e. The van der Waals surface area contributed by atoms with E-state index in [9.17, 15) is 4.79 Å². The van der Waals surface area contributed by atoms with Crippen molar-refractivity contribution in [2.75, 3.05) is 19.6 Å². The molecule has 0 aromatic heterocycles. The van der Waals surface area contributed by atoms with E-state index in [4.69, 9.17) is 5.73 Å². The summed E-state index contributed by atoms with van der Waals surface area (Å²) < 4.78 is 0. The van der Waals surface area contributed by atoms with Crippen LogP contribution in [-0.4, -0.2) is 42.0 Å². The lowest BCUT2D eigenvalue weighted by molar-refractivity contribution is -0.127. The Morgan fingerprint density at radius 3 is 2.32 bits per heavy atom. The Hall–Kier alpha value is -0.810. The minimum atomic E-state index is -0.593. The number of halogens is 2. The van der Waals surface area contributed by atoms with E-state index in [2.05, 4.69) is 40.5 Å². The molecule has 0 bridgehead atoms. The molecule has 1 amide bonds. The van der Waals surface area contributed by atoms with Crippen LogP contribution in [0.1, 0.15) is 44.1 Å². The van der Waals surface area contributed by atoms with E-state index in [-0.39, 0.29) is 30.7 Å². The van der Waals surface area contributed by atoms with Gasteiger partial charge in [0.1, 0.15) is 0 Å². The minimum absolute atomic E-state index is 0. The van der Waals surface area contributed by atoms with Crippen molar-refractivity contribution < 1.29 is 4.79 Å². The molecule has 25 heavy (non-hydrogen) atoms. The topological polar surface area (TPSA) is 58.4 Å². The highest BCUT2D eigenvalue weighted by Gasteiger charge is 2.38. The number of likely N-dealkylation sites (tertiary alicyclic amines) is 1. The largest absolute Gasteiger partial charge is 0.352 e. The Balaban J connectivity index is 0.00000156. The molecule has 1 aromatic carbocycles. The standard InChI is InChI=1S/C19H29N3O.2ClH/c20-19(11-4-5-12-19)18(23)21-17-9-14-22(15-10-17)13-8-16-6-2-1-3-7-16;;/h1-3,6-7,17H,4-5,8-15,20H2,(H,21,23);2*1H. The van der Waals surface area contributed by atoms with Crippen LogP contribution in [0.4, 0.5) is 0 Å². The summed E-state index contributed by atoms with van der Waals surface area (Å²) >= 11 is 0. The maximum atomic E-state index is 12.4. The molecule has 0 unspecified atom stereocenters. The molecule has 1 aliphatic carbocycles. The highest BCUT2D eigenvalue weighted by Crippen LogP contribution is 2.27. The monoisotopic (exact) mass is 387 g/mol. The normalized spacial score (nSPS) is 20.4. The predicted molar refractivity (Wildman–Crippen MR) is 108 cm³/mol. The molecule has 4 nitrogen and oxygen atoms in total. The van der Waals surface area contributed by atoms with Crippen LogP contribution in [0.5, 0.6) is 0 Å². The van der Waals surface area contributed by atoms with Crippen LogP contribution >= 0.6 is 24.8 Å². The Kier molecular flexibility index (Phi) is 9.22. The van der Waals surface area contributed by atoms with Gasteiger partial charge >= 0.3 is 0 Å². The lowest BCUT2D eigenvalue weighted by Gasteiger charge is -2.34. The zero-order valence-corrected chi connectivity index (χ0v) is 16.4. The fourth-order valence-electron chi connectivity index (χ4n) is 3.79. The van der Waals surface area contributed by atoms with E-state index < -0.39 is 5.54 Å². The first-order valence-corrected chi connectivity index (χ1v) is 9.02. The molecule has 3 rings (SSSR count). The number of rotatable bonds is 5. The van der Waals surface area contributed by atoms with Gasteiger partial charge in [0, 0.05) is 25.7 Å². The van der Waals surface area contributed by atoms with Crippen LogP contribution in [-0.2, 0) is 11.2 Å². The second-order valence-corrected chi connectivity index (χ2v) is 7.19. The summed E-state index contributed by atoms with van der Waals surface area (Å²) in [6.45, 7) is 3.23. The summed E-state index contributed by atoms with van der Waals surface area (Å²) in [6, 6.07) is 10.9. The zero-order chi connectivity index (χ0) is 16.1. The van der Waals surface area contributed by atoms with E-state index in [1.54, 1.807) is 0 Å². The molecule has 1 saturated carbocycles. The van der Waals surface area contributed by atoms with Crippen molar-refractivity contribution in [2.45, 2.75) is 56.5 Å². The first-order chi connectivity index (χ1) is 11.2. The van der Waals surface area contributed by atoms with Gasteiger partial charge in [-0.05, 0) is 37.7 Å². The van der Waals surface area contributed by atoms with Gasteiger partial charge in [-0.2, -0.15) is 0 Å². The quantitative estimate of drug-likeness (QED) is 0.816. The summed E-state index contributed by atoms with van der Waals surface area (Å²) in [5, 5.41) is 3.21. The predicted octanol–water partition coefficient (Wildman–Crippen LogP) is 2.92. The number of amides is 1. The average Bonchev–Trinajstić information content (AvgIpc) is 3.03. The summed E-state index contributed by atoms with van der Waals surface area (Å²) in [5.74, 6) is 0.0812. The molecular formula is C19H31Cl2N3O. The molecule has 1 saturated heterocycles. The van der Waals surface area contributed by atoms with Crippen LogP contribution in [0.3, 0.4) is 0 Å². The second kappa shape index (κ2) is 10.4. The molecule has 2 aliphatic rings. The number of nitrogens with one attached hydrogen (secondary N) is 1. The van der Waals surface area contributed by atoms with Crippen LogP contribution in [0.2, 0.25) is 0 Å². The second-order valence-electron chi connectivity index (χ2n) is 7.19. The molecule has 0 atom stereocenters. The number of nitrogens with zero attached hydrogens (tertiary/aromatic N) is 1. The van der Waals surface area contributed by atoms with Crippen LogP contribution in [0.25, 0.3) is 0 Å². The third-order valence-electron chi connectivity index (χ3n) is 5.43. The van der Waals surface area contributed by atoms with Gasteiger partial charge in [0.15, 0.2) is 0 Å². The molecule has 1 aliphatic heterocycles. The number of hydrogen-bond donors (Lipinski definition) is 2. The number of carbonyl (C=O) groups excluding carboxylic acids is 1. The van der Waals surface area contributed by atoms with Gasteiger partial charge in [0.2, 0.25) is 5.91 Å². The Labute approximate surface area is 163 Å². The number of piperidine rings is 1. The highest BCUT2D eigenvalue weighted by atomic mass is 35.5. The summed E-state index contributed by atoms with van der Waals surface area (Å²) in [4.78, 5) is 14.9. The SMILES string of the molecule is Cl.Cl.NC1(C(=O)NC2CCN(CCc3ccccc3)CC2)CCCC1. The summed E-state index contributed by atoms with van der Waals surface area (Å²) in [6.07, 6.45) is 7.03. The number of hydrogen-bond acceptors (Lipinski definition) is 3. The molecule has 3 N–H and O–H groups in total. The van der Waals surface area contributed by atoms with Gasteiger partial charge < -0.3 is 16.0 Å². The molecule has 1 aromatic rings. The van der Waals surface area contributed by atoms with Crippen molar-refractivity contribution in [2.24, 2.45) is 5.73 Å². The lowest BCUT2D eigenvalue weighted by atomic mass is 9.96. The van der Waals surface area contributed by atoms with Crippen molar-refractivity contribution >= 4 is 30.7 Å². The molecule has 142 valence electrons. The molecule has 1 heterocycles. The van der Waals surface area contributed by atoms with Crippen LogP contribution < -0.4 is 11.1 Å². The molecule has 0 spiro atoms. The fraction of sp³-hybridized carbons (Fsp3) is 0.632. The van der Waals surface area contributed by atoms with Gasteiger partial charge in [-0.3, -0.25) is 4.79 Å². The molecule has 2 fully saturated rings. The Morgan fingerprint density at radius 1 is 1.12 bits per heavy atom. The third kappa shape index (κ3) is 6.14. The van der Waals surface area contributed by atoms with Gasteiger partial charge in [0.05, 0.1) is 5.54 Å². The highest BCUT2D eigenvalue weighted by molar-refractivity contribution is 5.86. The maximum Gasteiger partial charge on any atom is 0.240 e. The Morgan fingerprint density at radius 2 is 1.72 bits per heavy atom. The van der Waals surface area contributed by atoms with Gasteiger partial charge in [-0.15, -0.1) is 24.8 Å². The fourth-order valence-corrected chi connectivity index (χ4v) is 3.79. The molecular weight excluding hydrogens is 357 g/mol. The van der Waals surface area contributed by atoms with Crippen molar-refractivity contribution in [3.63, 3.8) is 0 Å². The first-order valence-electron chi connectivity index (χ1n) is 9.02. The Bertz CT molecular complexity index is 513. The van der Waals surface area contributed by atoms with E-state index in [0.29, 0.717) is 6.04 Å². The number of carbonyl (C=O) groups is 1. The first kappa shape index (κ1) is 22.2. The average molecular weight is 388 g/mol. The van der Waals surface area contributed by atoms with Gasteiger partial charge in [0.25, 0.3) is 0 Å².